The molecule has 1 saturated carbocycles. The van der Waals surface area contributed by atoms with Crippen molar-refractivity contribution in [1.82, 2.24) is 4.90 Å². The van der Waals surface area contributed by atoms with Crippen LogP contribution in [0, 0.1) is 11.8 Å². The summed E-state index contributed by atoms with van der Waals surface area (Å²) in [5.41, 5.74) is 2.04. The number of rotatable bonds is 3. The number of fused-ring (bicyclic) bond motifs is 1. The molecule has 4 heteroatoms. The lowest BCUT2D eigenvalue weighted by Gasteiger charge is -2.36. The van der Waals surface area contributed by atoms with Gasteiger partial charge in [0, 0.05) is 5.02 Å². The number of carbonyl (C=O) groups is 2. The Morgan fingerprint density at radius 3 is 2.48 bits per heavy atom. The first-order valence-electron chi connectivity index (χ1n) is 7.80. The molecule has 0 radical (unpaired) electrons. The van der Waals surface area contributed by atoms with Crippen LogP contribution < -0.4 is 0 Å². The van der Waals surface area contributed by atoms with Crippen molar-refractivity contribution in [2.45, 2.75) is 18.9 Å². The molecule has 23 heavy (non-hydrogen) atoms. The monoisotopic (exact) mass is 325 g/mol. The molecule has 1 aliphatic carbocycles. The Labute approximate surface area is 139 Å². The fourth-order valence-electron chi connectivity index (χ4n) is 3.74. The molecule has 0 bridgehead atoms. The molecule has 1 heterocycles. The third-order valence-corrected chi connectivity index (χ3v) is 5.20. The van der Waals surface area contributed by atoms with Crippen LogP contribution in [0.15, 0.2) is 54.6 Å². The molecular weight excluding hydrogens is 310 g/mol. The second-order valence-electron chi connectivity index (χ2n) is 6.28. The zero-order valence-corrected chi connectivity index (χ0v) is 13.2. The quantitative estimate of drug-likeness (QED) is 0.808. The molecule has 3 nitrogen and oxygen atoms in total. The highest BCUT2D eigenvalue weighted by molar-refractivity contribution is 6.30. The van der Waals surface area contributed by atoms with Crippen LogP contribution in [0.2, 0.25) is 5.02 Å². The molecule has 1 saturated heterocycles. The van der Waals surface area contributed by atoms with E-state index in [1.54, 1.807) is 0 Å². The first-order chi connectivity index (χ1) is 11.1. The van der Waals surface area contributed by atoms with E-state index in [0.717, 1.165) is 17.5 Å². The summed E-state index contributed by atoms with van der Waals surface area (Å²) in [5.74, 6) is -0.335. The van der Waals surface area contributed by atoms with Crippen molar-refractivity contribution in [3.63, 3.8) is 0 Å². The maximum absolute atomic E-state index is 12.7. The average Bonchev–Trinajstić information content (AvgIpc) is 2.68. The van der Waals surface area contributed by atoms with E-state index in [-0.39, 0.29) is 29.6 Å². The molecule has 116 valence electrons. The van der Waals surface area contributed by atoms with Crippen LogP contribution in [0.5, 0.6) is 0 Å². The van der Waals surface area contributed by atoms with Crippen molar-refractivity contribution < 1.29 is 9.59 Å². The largest absolute Gasteiger partial charge is 0.278 e. The van der Waals surface area contributed by atoms with E-state index >= 15 is 0 Å². The predicted molar refractivity (Wildman–Crippen MR) is 87.8 cm³/mol. The van der Waals surface area contributed by atoms with Gasteiger partial charge in [0.05, 0.1) is 18.4 Å². The highest BCUT2D eigenvalue weighted by atomic mass is 35.5. The molecule has 1 aliphatic heterocycles. The zero-order chi connectivity index (χ0) is 16.0. The van der Waals surface area contributed by atoms with Crippen LogP contribution >= 0.6 is 11.6 Å². The lowest BCUT2D eigenvalue weighted by molar-refractivity contribution is -0.140. The standard InChI is InChI=1S/C19H16ClNO2/c20-14-8-4-7-13(9-14)15-10-16-17(15)19(23)21(18(16)22)11-12-5-2-1-3-6-12/h1-9,15-17H,10-11H2/t15-,16+,17-/m1/s1. The molecule has 0 aromatic heterocycles. The van der Waals surface area contributed by atoms with Gasteiger partial charge in [0.25, 0.3) is 0 Å². The molecule has 0 unspecified atom stereocenters. The normalized spacial score (nSPS) is 26.1. The van der Waals surface area contributed by atoms with Gasteiger partial charge in [0.2, 0.25) is 11.8 Å². The summed E-state index contributed by atoms with van der Waals surface area (Å²) in [5, 5.41) is 0.670. The molecule has 2 fully saturated rings. The maximum Gasteiger partial charge on any atom is 0.234 e. The first-order valence-corrected chi connectivity index (χ1v) is 8.17. The number of benzene rings is 2. The highest BCUT2D eigenvalue weighted by Gasteiger charge is 2.58. The molecule has 2 amide bonds. The fraction of sp³-hybridized carbons (Fsp3) is 0.263. The van der Waals surface area contributed by atoms with Crippen molar-refractivity contribution in [3.8, 4) is 0 Å². The molecular formula is C19H16ClNO2. The van der Waals surface area contributed by atoms with Crippen molar-refractivity contribution in [3.05, 3.63) is 70.7 Å². The number of hydrogen-bond donors (Lipinski definition) is 0. The summed E-state index contributed by atoms with van der Waals surface area (Å²) in [6, 6.07) is 17.3. The van der Waals surface area contributed by atoms with Crippen LogP contribution in [0.3, 0.4) is 0 Å². The number of hydrogen-bond acceptors (Lipinski definition) is 2. The number of nitrogens with zero attached hydrogens (tertiary/aromatic N) is 1. The summed E-state index contributed by atoms with van der Waals surface area (Å²) < 4.78 is 0. The van der Waals surface area contributed by atoms with Gasteiger partial charge in [-0.1, -0.05) is 54.1 Å². The molecule has 2 aromatic carbocycles. The Hall–Kier alpha value is -2.13. The van der Waals surface area contributed by atoms with Gasteiger partial charge in [0.1, 0.15) is 0 Å². The van der Waals surface area contributed by atoms with Crippen molar-refractivity contribution >= 4 is 23.4 Å². The molecule has 3 atom stereocenters. The minimum atomic E-state index is -0.218. The first kappa shape index (κ1) is 14.5. The van der Waals surface area contributed by atoms with E-state index in [4.69, 9.17) is 11.6 Å². The molecule has 0 N–H and O–H groups in total. The Bertz CT molecular complexity index is 774. The van der Waals surface area contributed by atoms with Crippen LogP contribution in [0.4, 0.5) is 0 Å². The molecule has 2 aromatic rings. The third-order valence-electron chi connectivity index (χ3n) is 4.97. The smallest absolute Gasteiger partial charge is 0.234 e. The van der Waals surface area contributed by atoms with Gasteiger partial charge in [-0.05, 0) is 35.6 Å². The summed E-state index contributed by atoms with van der Waals surface area (Å²) in [7, 11) is 0. The third kappa shape index (κ3) is 2.36. The lowest BCUT2D eigenvalue weighted by Crippen LogP contribution is -2.37. The highest BCUT2D eigenvalue weighted by Crippen LogP contribution is 2.53. The van der Waals surface area contributed by atoms with E-state index in [9.17, 15) is 9.59 Å². The topological polar surface area (TPSA) is 37.4 Å². The second kappa shape index (κ2) is 5.50. The number of amides is 2. The number of imide groups is 1. The molecule has 4 rings (SSSR count). The Morgan fingerprint density at radius 1 is 0.957 bits per heavy atom. The van der Waals surface area contributed by atoms with E-state index in [1.165, 1.54) is 4.90 Å². The SMILES string of the molecule is O=C1[C@H]2[C@H](C[C@@H]2c2cccc(Cl)c2)C(=O)N1Cc1ccccc1. The van der Waals surface area contributed by atoms with Gasteiger partial charge in [-0.3, -0.25) is 14.5 Å². The molecule has 2 aliphatic rings. The van der Waals surface area contributed by atoms with Gasteiger partial charge in [0.15, 0.2) is 0 Å². The summed E-state index contributed by atoms with van der Waals surface area (Å²) in [6.45, 7) is 0.369. The number of carbonyl (C=O) groups excluding carboxylic acids is 2. The van der Waals surface area contributed by atoms with Gasteiger partial charge < -0.3 is 0 Å². The Morgan fingerprint density at radius 2 is 1.74 bits per heavy atom. The Kier molecular flexibility index (Phi) is 3.46. The van der Waals surface area contributed by atoms with E-state index in [2.05, 4.69) is 0 Å². The lowest BCUT2D eigenvalue weighted by atomic mass is 9.63. The number of halogens is 1. The predicted octanol–water partition coefficient (Wildman–Crippen LogP) is 3.63. The Balaban J connectivity index is 1.56. The minimum absolute atomic E-state index is 0.0258. The average molecular weight is 326 g/mol. The van der Waals surface area contributed by atoms with Gasteiger partial charge in [-0.25, -0.2) is 0 Å². The molecule has 0 spiro atoms. The minimum Gasteiger partial charge on any atom is -0.278 e. The van der Waals surface area contributed by atoms with Crippen LogP contribution in [0.1, 0.15) is 23.5 Å². The summed E-state index contributed by atoms with van der Waals surface area (Å²) >= 11 is 6.05. The van der Waals surface area contributed by atoms with Crippen LogP contribution in [0.25, 0.3) is 0 Å². The van der Waals surface area contributed by atoms with Crippen molar-refractivity contribution in [2.24, 2.45) is 11.8 Å². The zero-order valence-electron chi connectivity index (χ0n) is 12.5. The van der Waals surface area contributed by atoms with E-state index < -0.39 is 0 Å². The summed E-state index contributed by atoms with van der Waals surface area (Å²) in [6.07, 6.45) is 0.737. The van der Waals surface area contributed by atoms with Crippen LogP contribution in [-0.4, -0.2) is 16.7 Å². The van der Waals surface area contributed by atoms with E-state index in [0.29, 0.717) is 11.6 Å². The summed E-state index contributed by atoms with van der Waals surface area (Å²) in [4.78, 5) is 26.7. The maximum atomic E-state index is 12.7. The second-order valence-corrected chi connectivity index (χ2v) is 6.71. The van der Waals surface area contributed by atoms with Gasteiger partial charge >= 0.3 is 0 Å². The van der Waals surface area contributed by atoms with E-state index in [1.807, 2.05) is 54.6 Å². The van der Waals surface area contributed by atoms with Gasteiger partial charge in [-0.15, -0.1) is 0 Å². The van der Waals surface area contributed by atoms with Crippen molar-refractivity contribution in [2.75, 3.05) is 0 Å². The van der Waals surface area contributed by atoms with Crippen LogP contribution in [-0.2, 0) is 16.1 Å². The fourth-order valence-corrected chi connectivity index (χ4v) is 3.94. The van der Waals surface area contributed by atoms with Crippen molar-refractivity contribution in [1.29, 1.82) is 0 Å². The number of likely N-dealkylation sites (tertiary alicyclic amines) is 1. The van der Waals surface area contributed by atoms with Gasteiger partial charge in [-0.2, -0.15) is 0 Å².